The molecule has 2 amide bonds. The molecule has 0 radical (unpaired) electrons. The summed E-state index contributed by atoms with van der Waals surface area (Å²) in [7, 11) is 1.10. The van der Waals surface area contributed by atoms with Crippen LogP contribution in [0.25, 0.3) is 0 Å². The van der Waals surface area contributed by atoms with Gasteiger partial charge in [-0.15, -0.1) is 11.8 Å². The minimum atomic E-state index is -1.52. The number of aliphatic carboxylic acids is 2. The van der Waals surface area contributed by atoms with Crippen molar-refractivity contribution in [2.45, 2.75) is 17.3 Å². The minimum Gasteiger partial charge on any atom is -1.00 e. The van der Waals surface area contributed by atoms with E-state index in [4.69, 9.17) is 0 Å². The maximum absolute atomic E-state index is 12.6. The van der Waals surface area contributed by atoms with Crippen LogP contribution in [0.1, 0.15) is 14.3 Å². The molecule has 1 aromatic carbocycles. The summed E-state index contributed by atoms with van der Waals surface area (Å²) >= 11 is 1.08. The van der Waals surface area contributed by atoms with Crippen LogP contribution in [0.5, 0.6) is 0 Å². The van der Waals surface area contributed by atoms with Crippen LogP contribution in [-0.4, -0.2) is 69.1 Å². The first-order valence-electron chi connectivity index (χ1n) is 8.35. The molecular formula is C18H18N2Na2O8S. The molecular weight excluding hydrogens is 450 g/mol. The summed E-state index contributed by atoms with van der Waals surface area (Å²) in [5, 5.41) is 20.5. The van der Waals surface area contributed by atoms with Crippen molar-refractivity contribution in [2.24, 2.45) is 0 Å². The van der Waals surface area contributed by atoms with Gasteiger partial charge >= 0.3 is 77.0 Å². The van der Waals surface area contributed by atoms with Crippen molar-refractivity contribution < 1.29 is 101 Å². The van der Waals surface area contributed by atoms with Crippen LogP contribution in [-0.2, 0) is 28.7 Å². The summed E-state index contributed by atoms with van der Waals surface area (Å²) in [5.74, 6) is -6.89. The number of carboxylic acids is 2. The third-order valence-corrected chi connectivity index (χ3v) is 5.82. The molecule has 3 N–H and O–H groups in total. The molecule has 13 heteroatoms. The third kappa shape index (κ3) is 5.36. The predicted octanol–water partition coefficient (Wildman–Crippen LogP) is -6.00. The van der Waals surface area contributed by atoms with E-state index in [1.807, 2.05) is 0 Å². The fraction of sp³-hybridized carbons (Fsp3) is 0.278. The van der Waals surface area contributed by atoms with Gasteiger partial charge in [-0.25, -0.2) is 9.59 Å². The molecule has 0 aliphatic carbocycles. The maximum atomic E-state index is 12.6. The van der Waals surface area contributed by atoms with E-state index < -0.39 is 52.8 Å². The molecule has 31 heavy (non-hydrogen) atoms. The van der Waals surface area contributed by atoms with E-state index in [2.05, 4.69) is 10.1 Å². The van der Waals surface area contributed by atoms with Crippen LogP contribution in [0.15, 0.2) is 41.6 Å². The van der Waals surface area contributed by atoms with Crippen LogP contribution < -0.4 is 64.4 Å². The molecule has 3 rings (SSSR count). The van der Waals surface area contributed by atoms with E-state index in [0.717, 1.165) is 23.8 Å². The average Bonchev–Trinajstić information content (AvgIpc) is 2.70. The van der Waals surface area contributed by atoms with Crippen molar-refractivity contribution in [3.8, 4) is 0 Å². The number of benzene rings is 1. The van der Waals surface area contributed by atoms with Crippen LogP contribution in [0, 0.1) is 0 Å². The molecule has 2 heterocycles. The molecule has 0 aromatic heterocycles. The molecule has 2 unspecified atom stereocenters. The fourth-order valence-electron chi connectivity index (χ4n) is 3.19. The number of nitrogens with zero attached hydrogens (tertiary/aromatic N) is 1. The Bertz CT molecular complexity index is 951. The molecule has 3 atom stereocenters. The van der Waals surface area contributed by atoms with Crippen molar-refractivity contribution in [1.29, 1.82) is 0 Å². The number of methoxy groups -OCH3 is 1. The quantitative estimate of drug-likeness (QED) is 0.160. The largest absolute Gasteiger partial charge is 1.00 e. The minimum absolute atomic E-state index is 0. The third-order valence-electron chi connectivity index (χ3n) is 4.54. The van der Waals surface area contributed by atoms with Crippen molar-refractivity contribution in [1.82, 2.24) is 10.2 Å². The standard InChI is InChI=1S/C18H16N2O8S.2Na.2H/c1-28-18(27)9-7-29-15-11(14(22)20(15)12(9)17(25)26)19-13(21)10(16(23)24)8-5-3-2-4-6-8;;;;/h2-6,10-11,15H,7H2,1H3,(H,19,21)(H,23,24)(H,25,26);;;;/q;2*+1;2*-1/t10?,11?,15-;;;;/m1..../s1. The number of esters is 1. The summed E-state index contributed by atoms with van der Waals surface area (Å²) in [4.78, 5) is 61.0. The van der Waals surface area contributed by atoms with Gasteiger partial charge in [-0.2, -0.15) is 0 Å². The Labute approximate surface area is 228 Å². The molecule has 1 saturated heterocycles. The van der Waals surface area contributed by atoms with Crippen molar-refractivity contribution >= 4 is 41.5 Å². The smallest absolute Gasteiger partial charge is 1.00 e. The summed E-state index contributed by atoms with van der Waals surface area (Å²) in [6, 6.07) is 6.71. The number of fused-ring (bicyclic) bond motifs is 1. The zero-order valence-corrected chi connectivity index (χ0v) is 21.8. The van der Waals surface area contributed by atoms with Crippen LogP contribution in [0.2, 0.25) is 0 Å². The van der Waals surface area contributed by atoms with Gasteiger partial charge in [0.05, 0.1) is 12.7 Å². The zero-order valence-electron chi connectivity index (χ0n) is 19.0. The molecule has 0 bridgehead atoms. The summed E-state index contributed by atoms with van der Waals surface area (Å²) in [5.41, 5.74) is -0.405. The molecule has 1 fully saturated rings. The van der Waals surface area contributed by atoms with Crippen molar-refractivity contribution in [3.63, 3.8) is 0 Å². The first-order valence-corrected chi connectivity index (χ1v) is 9.40. The SMILES string of the molecule is COC(=O)C1=C(C(=O)O)N2C(=O)C(NC(=O)C(C(=O)O)c3ccccc3)[C@H]2SC1.[H-].[H-].[Na+].[Na+]. The molecule has 0 spiro atoms. The number of thioether (sulfide) groups is 1. The number of rotatable bonds is 6. The summed E-state index contributed by atoms with van der Waals surface area (Å²) in [6.45, 7) is 0. The van der Waals surface area contributed by atoms with E-state index in [0.29, 0.717) is 0 Å². The number of carbonyl (C=O) groups excluding carboxylic acids is 3. The van der Waals surface area contributed by atoms with E-state index >= 15 is 0 Å². The second kappa shape index (κ2) is 11.5. The van der Waals surface area contributed by atoms with Gasteiger partial charge in [0.25, 0.3) is 5.91 Å². The number of hydrogen-bond acceptors (Lipinski definition) is 7. The molecule has 156 valence electrons. The van der Waals surface area contributed by atoms with Gasteiger partial charge in [-0.1, -0.05) is 30.3 Å². The van der Waals surface area contributed by atoms with Gasteiger partial charge in [-0.3, -0.25) is 19.3 Å². The predicted molar refractivity (Wildman–Crippen MR) is 101 cm³/mol. The van der Waals surface area contributed by atoms with Gasteiger partial charge in [0.2, 0.25) is 5.91 Å². The fourth-order valence-corrected chi connectivity index (χ4v) is 4.51. The molecule has 10 nitrogen and oxygen atoms in total. The normalized spacial score (nSPS) is 20.2. The van der Waals surface area contributed by atoms with Gasteiger partial charge < -0.3 is 23.1 Å². The Morgan fingerprint density at radius 1 is 1.19 bits per heavy atom. The van der Waals surface area contributed by atoms with E-state index in [1.54, 1.807) is 18.2 Å². The topological polar surface area (TPSA) is 150 Å². The number of nitrogens with one attached hydrogen (secondary N) is 1. The number of carbonyl (C=O) groups is 5. The van der Waals surface area contributed by atoms with Crippen LogP contribution in [0.3, 0.4) is 0 Å². The van der Waals surface area contributed by atoms with Crippen molar-refractivity contribution in [2.75, 3.05) is 12.9 Å². The van der Waals surface area contributed by atoms with Gasteiger partial charge in [0.15, 0.2) is 5.92 Å². The Hall–Kier alpha value is -1.34. The molecule has 0 saturated carbocycles. The molecule has 2 aliphatic heterocycles. The van der Waals surface area contributed by atoms with Crippen LogP contribution >= 0.6 is 11.8 Å². The number of amides is 2. The summed E-state index contributed by atoms with van der Waals surface area (Å²) < 4.78 is 4.56. The van der Waals surface area contributed by atoms with Crippen molar-refractivity contribution in [3.05, 3.63) is 47.2 Å². The number of hydrogen-bond donors (Lipinski definition) is 3. The van der Waals surface area contributed by atoms with E-state index in [-0.39, 0.29) is 78.9 Å². The zero-order chi connectivity index (χ0) is 21.3. The number of ether oxygens (including phenoxy) is 1. The van der Waals surface area contributed by atoms with Gasteiger partial charge in [-0.05, 0) is 5.56 Å². The molecule has 1 aromatic rings. The number of β-lactam (4-membered cyclic amide) rings is 1. The van der Waals surface area contributed by atoms with E-state index in [9.17, 15) is 34.2 Å². The Morgan fingerprint density at radius 2 is 1.81 bits per heavy atom. The monoisotopic (exact) mass is 468 g/mol. The number of carboxylic acid groups (broad SMARTS) is 2. The Morgan fingerprint density at radius 3 is 2.32 bits per heavy atom. The van der Waals surface area contributed by atoms with E-state index in [1.165, 1.54) is 12.1 Å². The van der Waals surface area contributed by atoms with Gasteiger partial charge in [0.1, 0.15) is 17.1 Å². The first kappa shape index (κ1) is 27.7. The maximum Gasteiger partial charge on any atom is 1.00 e. The Balaban J connectivity index is 0. The Kier molecular flexibility index (Phi) is 10.3. The van der Waals surface area contributed by atoms with Crippen LogP contribution in [0.4, 0.5) is 0 Å². The van der Waals surface area contributed by atoms with Gasteiger partial charge in [0, 0.05) is 5.75 Å². The second-order valence-corrected chi connectivity index (χ2v) is 7.31. The second-order valence-electron chi connectivity index (χ2n) is 6.20. The average molecular weight is 468 g/mol. The first-order chi connectivity index (χ1) is 13.8. The summed E-state index contributed by atoms with van der Waals surface area (Å²) in [6.07, 6.45) is 0. The molecule has 2 aliphatic rings.